The van der Waals surface area contributed by atoms with E-state index < -0.39 is 0 Å². The fraction of sp³-hybridized carbons (Fsp3) is 0.435. The van der Waals surface area contributed by atoms with E-state index >= 15 is 0 Å². The predicted octanol–water partition coefficient (Wildman–Crippen LogP) is 3.93. The number of amides is 1. The van der Waals surface area contributed by atoms with Gasteiger partial charge < -0.3 is 20.1 Å². The van der Waals surface area contributed by atoms with Crippen LogP contribution in [0, 0.1) is 21.4 Å². The lowest BCUT2D eigenvalue weighted by molar-refractivity contribution is -0.385. The zero-order valence-electron chi connectivity index (χ0n) is 17.9. The quantitative estimate of drug-likeness (QED) is 0.537. The molecule has 2 heterocycles. The highest BCUT2D eigenvalue weighted by Crippen LogP contribution is 2.49. The monoisotopic (exact) mass is 425 g/mol. The number of nitrogens with one attached hydrogen (secondary N) is 2. The van der Waals surface area contributed by atoms with Crippen LogP contribution in [0.2, 0.25) is 0 Å². The molecular formula is C23H27N3O5. The fourth-order valence-electron chi connectivity index (χ4n) is 4.61. The molecule has 0 saturated carbocycles. The SMILES string of the molecule is COc1ccc(C(=O)NCC(C)(C)C2Nc3ccc([N+](=O)[O-])cc3C3OCCC32)cc1. The van der Waals surface area contributed by atoms with Gasteiger partial charge in [0.25, 0.3) is 11.6 Å². The average molecular weight is 425 g/mol. The molecule has 0 radical (unpaired) electrons. The summed E-state index contributed by atoms with van der Waals surface area (Å²) in [7, 11) is 1.59. The van der Waals surface area contributed by atoms with Crippen molar-refractivity contribution < 1.29 is 19.2 Å². The molecule has 1 amide bonds. The Morgan fingerprint density at radius 3 is 2.71 bits per heavy atom. The summed E-state index contributed by atoms with van der Waals surface area (Å²) in [6.07, 6.45) is 0.679. The van der Waals surface area contributed by atoms with Crippen molar-refractivity contribution in [2.45, 2.75) is 32.4 Å². The van der Waals surface area contributed by atoms with E-state index in [9.17, 15) is 14.9 Å². The number of methoxy groups -OCH3 is 1. The Labute approximate surface area is 181 Å². The van der Waals surface area contributed by atoms with Crippen LogP contribution in [0.1, 0.15) is 42.3 Å². The van der Waals surface area contributed by atoms with Crippen LogP contribution in [0.5, 0.6) is 5.75 Å². The first-order valence-corrected chi connectivity index (χ1v) is 10.4. The van der Waals surface area contributed by atoms with Crippen molar-refractivity contribution in [1.29, 1.82) is 0 Å². The molecule has 4 rings (SSSR count). The number of hydrogen-bond donors (Lipinski definition) is 2. The number of carbonyl (C=O) groups excluding carboxylic acids is 1. The van der Waals surface area contributed by atoms with Gasteiger partial charge in [0, 0.05) is 59.5 Å². The van der Waals surface area contributed by atoms with Crippen molar-refractivity contribution in [1.82, 2.24) is 5.32 Å². The molecule has 2 aromatic carbocycles. The minimum atomic E-state index is -0.380. The number of benzene rings is 2. The molecule has 2 aliphatic rings. The van der Waals surface area contributed by atoms with E-state index in [1.54, 1.807) is 43.5 Å². The average Bonchev–Trinajstić information content (AvgIpc) is 3.26. The predicted molar refractivity (Wildman–Crippen MR) is 116 cm³/mol. The highest BCUT2D eigenvalue weighted by molar-refractivity contribution is 5.94. The molecule has 31 heavy (non-hydrogen) atoms. The molecular weight excluding hydrogens is 398 g/mol. The lowest BCUT2D eigenvalue weighted by atomic mass is 9.71. The fourth-order valence-corrected chi connectivity index (χ4v) is 4.61. The third-order valence-corrected chi connectivity index (χ3v) is 6.33. The van der Waals surface area contributed by atoms with E-state index in [1.807, 2.05) is 0 Å². The zero-order valence-corrected chi connectivity index (χ0v) is 17.9. The number of nitro groups is 1. The molecule has 3 atom stereocenters. The van der Waals surface area contributed by atoms with E-state index in [0.29, 0.717) is 24.5 Å². The molecule has 8 nitrogen and oxygen atoms in total. The minimum Gasteiger partial charge on any atom is -0.497 e. The van der Waals surface area contributed by atoms with Gasteiger partial charge in [-0.15, -0.1) is 0 Å². The summed E-state index contributed by atoms with van der Waals surface area (Å²) in [4.78, 5) is 23.5. The van der Waals surface area contributed by atoms with Gasteiger partial charge in [-0.3, -0.25) is 14.9 Å². The molecule has 1 fully saturated rings. The third kappa shape index (κ3) is 4.07. The summed E-state index contributed by atoms with van der Waals surface area (Å²) in [5.41, 5.74) is 2.06. The number of non-ortho nitro benzene ring substituents is 1. The highest BCUT2D eigenvalue weighted by Gasteiger charge is 2.47. The second kappa shape index (κ2) is 8.19. The van der Waals surface area contributed by atoms with E-state index in [-0.39, 0.29) is 40.0 Å². The Morgan fingerprint density at radius 2 is 2.03 bits per heavy atom. The van der Waals surface area contributed by atoms with Gasteiger partial charge in [-0.2, -0.15) is 0 Å². The molecule has 0 bridgehead atoms. The molecule has 3 unspecified atom stereocenters. The highest BCUT2D eigenvalue weighted by atomic mass is 16.6. The van der Waals surface area contributed by atoms with Crippen LogP contribution in [0.4, 0.5) is 11.4 Å². The molecule has 1 saturated heterocycles. The van der Waals surface area contributed by atoms with Crippen LogP contribution in [0.25, 0.3) is 0 Å². The van der Waals surface area contributed by atoms with Gasteiger partial charge in [0.1, 0.15) is 5.75 Å². The molecule has 2 N–H and O–H groups in total. The number of anilines is 1. The summed E-state index contributed by atoms with van der Waals surface area (Å²) >= 11 is 0. The van der Waals surface area contributed by atoms with E-state index in [4.69, 9.17) is 9.47 Å². The van der Waals surface area contributed by atoms with E-state index in [2.05, 4.69) is 24.5 Å². The second-order valence-electron chi connectivity index (χ2n) is 8.79. The van der Waals surface area contributed by atoms with Crippen molar-refractivity contribution in [2.75, 3.05) is 25.6 Å². The van der Waals surface area contributed by atoms with Gasteiger partial charge in [-0.05, 0) is 36.8 Å². The minimum absolute atomic E-state index is 0.0464. The van der Waals surface area contributed by atoms with Gasteiger partial charge in [-0.1, -0.05) is 13.8 Å². The topological polar surface area (TPSA) is 103 Å². The summed E-state index contributed by atoms with van der Waals surface area (Å²) < 4.78 is 11.1. The Morgan fingerprint density at radius 1 is 1.29 bits per heavy atom. The number of nitro benzene ring substituents is 1. The summed E-state index contributed by atoms with van der Waals surface area (Å²) in [5, 5.41) is 17.8. The largest absolute Gasteiger partial charge is 0.497 e. The lowest BCUT2D eigenvalue weighted by Gasteiger charge is -2.44. The van der Waals surface area contributed by atoms with Crippen LogP contribution in [0.15, 0.2) is 42.5 Å². The third-order valence-electron chi connectivity index (χ3n) is 6.33. The number of carbonyl (C=O) groups is 1. The Bertz CT molecular complexity index is 989. The Balaban J connectivity index is 1.51. The first-order valence-electron chi connectivity index (χ1n) is 10.4. The maximum atomic E-state index is 12.6. The van der Waals surface area contributed by atoms with Gasteiger partial charge >= 0.3 is 0 Å². The van der Waals surface area contributed by atoms with Gasteiger partial charge in [0.05, 0.1) is 18.1 Å². The second-order valence-corrected chi connectivity index (χ2v) is 8.79. The van der Waals surface area contributed by atoms with E-state index in [0.717, 1.165) is 17.7 Å². The lowest BCUT2D eigenvalue weighted by Crippen LogP contribution is -2.51. The van der Waals surface area contributed by atoms with Crippen molar-refractivity contribution in [2.24, 2.45) is 11.3 Å². The molecule has 8 heteroatoms. The summed E-state index contributed by atoms with van der Waals surface area (Å²) in [6, 6.07) is 11.9. The van der Waals surface area contributed by atoms with Crippen molar-refractivity contribution >= 4 is 17.3 Å². The molecule has 0 spiro atoms. The zero-order chi connectivity index (χ0) is 22.2. The van der Waals surface area contributed by atoms with Crippen molar-refractivity contribution in [3.05, 3.63) is 63.7 Å². The van der Waals surface area contributed by atoms with Gasteiger partial charge in [0.2, 0.25) is 0 Å². The normalized spacial score (nSPS) is 22.1. The molecule has 2 aliphatic heterocycles. The van der Waals surface area contributed by atoms with Gasteiger partial charge in [-0.25, -0.2) is 0 Å². The van der Waals surface area contributed by atoms with Crippen LogP contribution in [-0.4, -0.2) is 37.1 Å². The van der Waals surface area contributed by atoms with Crippen LogP contribution in [-0.2, 0) is 4.74 Å². The molecule has 0 aromatic heterocycles. The first-order chi connectivity index (χ1) is 14.8. The Kier molecular flexibility index (Phi) is 5.58. The number of nitrogens with zero attached hydrogens (tertiary/aromatic N) is 1. The van der Waals surface area contributed by atoms with Crippen molar-refractivity contribution in [3.8, 4) is 5.75 Å². The maximum absolute atomic E-state index is 12.6. The van der Waals surface area contributed by atoms with Crippen molar-refractivity contribution in [3.63, 3.8) is 0 Å². The number of rotatable bonds is 6. The molecule has 164 valence electrons. The maximum Gasteiger partial charge on any atom is 0.269 e. The summed E-state index contributed by atoms with van der Waals surface area (Å²) in [6.45, 7) is 5.32. The molecule has 2 aromatic rings. The van der Waals surface area contributed by atoms with Crippen LogP contribution >= 0.6 is 0 Å². The number of ether oxygens (including phenoxy) is 2. The standard InChI is InChI=1S/C23H27N3O5/c1-23(2,13-24-22(27)14-4-7-16(30-3)8-5-14)21-17-10-11-31-20(17)18-12-15(26(28)29)6-9-19(18)25-21/h4-9,12,17,20-21,25H,10-11,13H2,1-3H3,(H,24,27). The first kappa shape index (κ1) is 21.1. The van der Waals surface area contributed by atoms with Gasteiger partial charge in [0.15, 0.2) is 0 Å². The van der Waals surface area contributed by atoms with E-state index in [1.165, 1.54) is 6.07 Å². The number of fused-ring (bicyclic) bond motifs is 3. The number of hydrogen-bond acceptors (Lipinski definition) is 6. The summed E-state index contributed by atoms with van der Waals surface area (Å²) in [5.74, 6) is 0.735. The smallest absolute Gasteiger partial charge is 0.269 e. The van der Waals surface area contributed by atoms with Crippen LogP contribution < -0.4 is 15.4 Å². The molecule has 0 aliphatic carbocycles. The van der Waals surface area contributed by atoms with Crippen LogP contribution in [0.3, 0.4) is 0 Å². The Hall–Kier alpha value is -3.13.